The molecule has 26 heavy (non-hydrogen) atoms. The van der Waals surface area contributed by atoms with Crippen LogP contribution in [0.3, 0.4) is 0 Å². The molecule has 1 saturated heterocycles. The molecule has 0 radical (unpaired) electrons. The van der Waals surface area contributed by atoms with E-state index in [9.17, 15) is 9.18 Å². The van der Waals surface area contributed by atoms with E-state index in [4.69, 9.17) is 0 Å². The molecule has 1 atom stereocenters. The fourth-order valence-electron chi connectivity index (χ4n) is 3.49. The molecular formula is C20H21FN4O. The van der Waals surface area contributed by atoms with Gasteiger partial charge >= 0.3 is 5.69 Å². The molecule has 4 rings (SSSR count). The molecule has 0 saturated carbocycles. The Labute approximate surface area is 151 Å². The zero-order chi connectivity index (χ0) is 17.9. The molecule has 0 unspecified atom stereocenters. The molecule has 1 aliphatic heterocycles. The standard InChI is InChI=1S/C20H21FN4O/c21-17-8-4-6-15(12-17)14-24-20(26)25(18-9-2-1-3-10-18)19(23-24)16-7-5-11-22-13-16/h1-4,6,8-10,12,16,22H,5,7,11,13-14H2/t16-/m1/s1. The maximum atomic E-state index is 13.5. The van der Waals surface area contributed by atoms with Crippen LogP contribution in [0.5, 0.6) is 0 Å². The van der Waals surface area contributed by atoms with Crippen LogP contribution in [0.2, 0.25) is 0 Å². The number of piperidine rings is 1. The van der Waals surface area contributed by atoms with Gasteiger partial charge in [-0.1, -0.05) is 30.3 Å². The van der Waals surface area contributed by atoms with Crippen LogP contribution in [0.1, 0.15) is 30.1 Å². The van der Waals surface area contributed by atoms with Crippen molar-refractivity contribution in [2.45, 2.75) is 25.3 Å². The third-order valence-electron chi connectivity index (χ3n) is 4.76. The molecule has 5 nitrogen and oxygen atoms in total. The van der Waals surface area contributed by atoms with E-state index >= 15 is 0 Å². The first-order valence-electron chi connectivity index (χ1n) is 8.93. The van der Waals surface area contributed by atoms with Crippen molar-refractivity contribution in [1.29, 1.82) is 0 Å². The summed E-state index contributed by atoms with van der Waals surface area (Å²) in [7, 11) is 0. The van der Waals surface area contributed by atoms with Gasteiger partial charge in [-0.2, -0.15) is 5.10 Å². The fourth-order valence-corrected chi connectivity index (χ4v) is 3.49. The number of halogens is 1. The number of nitrogens with zero attached hydrogens (tertiary/aromatic N) is 3. The molecule has 2 aromatic carbocycles. The predicted octanol–water partition coefficient (Wildman–Crippen LogP) is 2.69. The first-order valence-corrected chi connectivity index (χ1v) is 8.93. The summed E-state index contributed by atoms with van der Waals surface area (Å²) in [4.78, 5) is 13.1. The fraction of sp³-hybridized carbons (Fsp3) is 0.300. The topological polar surface area (TPSA) is 51.9 Å². The third-order valence-corrected chi connectivity index (χ3v) is 4.76. The first kappa shape index (κ1) is 16.7. The van der Waals surface area contributed by atoms with Crippen molar-refractivity contribution >= 4 is 0 Å². The van der Waals surface area contributed by atoms with Crippen molar-refractivity contribution in [3.05, 3.63) is 82.3 Å². The highest BCUT2D eigenvalue weighted by Crippen LogP contribution is 2.23. The van der Waals surface area contributed by atoms with Crippen LogP contribution in [0.15, 0.2) is 59.4 Å². The number of hydrogen-bond donors (Lipinski definition) is 1. The van der Waals surface area contributed by atoms with Gasteiger partial charge in [0.15, 0.2) is 0 Å². The van der Waals surface area contributed by atoms with E-state index in [-0.39, 0.29) is 24.0 Å². The lowest BCUT2D eigenvalue weighted by Crippen LogP contribution is -2.31. The Kier molecular flexibility index (Phi) is 4.67. The minimum atomic E-state index is -0.310. The Hall–Kier alpha value is -2.73. The van der Waals surface area contributed by atoms with Gasteiger partial charge in [0.2, 0.25) is 0 Å². The largest absolute Gasteiger partial charge is 0.350 e. The normalized spacial score (nSPS) is 17.3. The minimum Gasteiger partial charge on any atom is -0.316 e. The van der Waals surface area contributed by atoms with E-state index in [1.807, 2.05) is 30.3 Å². The van der Waals surface area contributed by atoms with Crippen LogP contribution in [0.25, 0.3) is 5.69 Å². The lowest BCUT2D eigenvalue weighted by molar-refractivity contribution is 0.439. The highest BCUT2D eigenvalue weighted by molar-refractivity contribution is 5.33. The Morgan fingerprint density at radius 2 is 2.00 bits per heavy atom. The first-order chi connectivity index (χ1) is 12.7. The van der Waals surface area contributed by atoms with Gasteiger partial charge in [0.05, 0.1) is 12.2 Å². The molecule has 6 heteroatoms. The Bertz CT molecular complexity index is 942. The van der Waals surface area contributed by atoms with Crippen LogP contribution in [0.4, 0.5) is 4.39 Å². The SMILES string of the molecule is O=c1n(Cc2cccc(F)c2)nc([C@@H]2CCCNC2)n1-c1ccccc1. The van der Waals surface area contributed by atoms with Gasteiger partial charge in [0.25, 0.3) is 0 Å². The molecule has 0 amide bonds. The van der Waals surface area contributed by atoms with Gasteiger partial charge in [0, 0.05) is 12.5 Å². The van der Waals surface area contributed by atoms with Crippen LogP contribution < -0.4 is 11.0 Å². The van der Waals surface area contributed by atoms with E-state index < -0.39 is 0 Å². The van der Waals surface area contributed by atoms with Crippen molar-refractivity contribution in [2.24, 2.45) is 0 Å². The minimum absolute atomic E-state index is 0.186. The molecule has 134 valence electrons. The predicted molar refractivity (Wildman–Crippen MR) is 98.2 cm³/mol. The van der Waals surface area contributed by atoms with Crippen LogP contribution in [-0.4, -0.2) is 27.4 Å². The summed E-state index contributed by atoms with van der Waals surface area (Å²) >= 11 is 0. The van der Waals surface area contributed by atoms with Gasteiger partial charge in [-0.3, -0.25) is 0 Å². The molecule has 2 heterocycles. The number of benzene rings is 2. The van der Waals surface area contributed by atoms with E-state index in [2.05, 4.69) is 10.4 Å². The Balaban J connectivity index is 1.78. The Morgan fingerprint density at radius 3 is 2.73 bits per heavy atom. The van der Waals surface area contributed by atoms with Gasteiger partial charge < -0.3 is 5.32 Å². The van der Waals surface area contributed by atoms with E-state index in [1.54, 1.807) is 16.7 Å². The van der Waals surface area contributed by atoms with Crippen molar-refractivity contribution in [1.82, 2.24) is 19.7 Å². The van der Waals surface area contributed by atoms with E-state index in [0.29, 0.717) is 0 Å². The number of hydrogen-bond acceptors (Lipinski definition) is 3. The summed E-state index contributed by atoms with van der Waals surface area (Å²) in [6, 6.07) is 15.9. The summed E-state index contributed by atoms with van der Waals surface area (Å²) in [5.74, 6) is 0.643. The lowest BCUT2D eigenvalue weighted by atomic mass is 9.99. The molecule has 0 bridgehead atoms. The second-order valence-electron chi connectivity index (χ2n) is 6.64. The molecule has 0 spiro atoms. The van der Waals surface area contributed by atoms with Crippen LogP contribution in [-0.2, 0) is 6.54 Å². The van der Waals surface area contributed by atoms with Crippen molar-refractivity contribution in [3.8, 4) is 5.69 Å². The van der Waals surface area contributed by atoms with Gasteiger partial charge in [-0.25, -0.2) is 18.4 Å². The zero-order valence-electron chi connectivity index (χ0n) is 14.4. The second-order valence-corrected chi connectivity index (χ2v) is 6.64. The summed E-state index contributed by atoms with van der Waals surface area (Å²) in [5, 5.41) is 8.02. The summed E-state index contributed by atoms with van der Waals surface area (Å²) in [5.41, 5.74) is 1.34. The smallest absolute Gasteiger partial charge is 0.316 e. The molecule has 1 aromatic heterocycles. The van der Waals surface area contributed by atoms with Crippen LogP contribution >= 0.6 is 0 Å². The van der Waals surface area contributed by atoms with E-state index in [1.165, 1.54) is 16.8 Å². The highest BCUT2D eigenvalue weighted by Gasteiger charge is 2.24. The summed E-state index contributed by atoms with van der Waals surface area (Å²) < 4.78 is 16.6. The van der Waals surface area contributed by atoms with Gasteiger partial charge in [-0.05, 0) is 49.2 Å². The van der Waals surface area contributed by atoms with Crippen LogP contribution in [0, 0.1) is 5.82 Å². The summed E-state index contributed by atoms with van der Waals surface area (Å²) in [6.45, 7) is 2.06. The molecule has 3 aromatic rings. The molecule has 1 N–H and O–H groups in total. The third kappa shape index (κ3) is 3.32. The van der Waals surface area contributed by atoms with E-state index in [0.717, 1.165) is 43.0 Å². The maximum Gasteiger partial charge on any atom is 0.350 e. The average Bonchev–Trinajstić information content (AvgIpc) is 2.99. The quantitative estimate of drug-likeness (QED) is 0.785. The van der Waals surface area contributed by atoms with Gasteiger partial charge in [0.1, 0.15) is 11.6 Å². The van der Waals surface area contributed by atoms with Gasteiger partial charge in [-0.15, -0.1) is 0 Å². The molecule has 1 aliphatic rings. The molecular weight excluding hydrogens is 331 g/mol. The van der Waals surface area contributed by atoms with Crippen molar-refractivity contribution in [2.75, 3.05) is 13.1 Å². The number of para-hydroxylation sites is 1. The van der Waals surface area contributed by atoms with Crippen molar-refractivity contribution in [3.63, 3.8) is 0 Å². The highest BCUT2D eigenvalue weighted by atomic mass is 19.1. The lowest BCUT2D eigenvalue weighted by Gasteiger charge is -2.22. The maximum absolute atomic E-state index is 13.5. The Morgan fingerprint density at radius 1 is 1.15 bits per heavy atom. The second kappa shape index (κ2) is 7.25. The van der Waals surface area contributed by atoms with Crippen molar-refractivity contribution < 1.29 is 4.39 Å². The monoisotopic (exact) mass is 352 g/mol. The summed E-state index contributed by atoms with van der Waals surface area (Å²) in [6.07, 6.45) is 2.06. The number of nitrogens with one attached hydrogen (secondary N) is 1. The molecule has 1 fully saturated rings. The number of rotatable bonds is 4. The molecule has 0 aliphatic carbocycles. The number of aromatic nitrogens is 3. The zero-order valence-corrected chi connectivity index (χ0v) is 14.4. The average molecular weight is 352 g/mol.